The van der Waals surface area contributed by atoms with Gasteiger partial charge in [0.2, 0.25) is 0 Å². The average Bonchev–Trinajstić information content (AvgIpc) is 2.86. The molecule has 0 aliphatic heterocycles. The third kappa shape index (κ3) is 3.36. The molecule has 4 nitrogen and oxygen atoms in total. The molecular weight excluding hydrogens is 265 g/mol. The van der Waals surface area contributed by atoms with Crippen LogP contribution in [0.2, 0.25) is 0 Å². The number of thiazole rings is 1. The van der Waals surface area contributed by atoms with Crippen molar-refractivity contribution in [2.75, 3.05) is 7.05 Å². The van der Waals surface area contributed by atoms with Gasteiger partial charge in [-0.2, -0.15) is 0 Å². The maximum Gasteiger partial charge on any atom is 0.273 e. The second kappa shape index (κ2) is 5.90. The van der Waals surface area contributed by atoms with Gasteiger partial charge in [0.05, 0.1) is 0 Å². The molecule has 2 N–H and O–H groups in total. The Labute approximate surface area is 114 Å². The molecule has 6 heteroatoms. The van der Waals surface area contributed by atoms with Crippen LogP contribution in [0.1, 0.15) is 21.1 Å². The summed E-state index contributed by atoms with van der Waals surface area (Å²) in [4.78, 5) is 17.7. The highest BCUT2D eigenvalue weighted by Crippen LogP contribution is 2.13. The van der Waals surface area contributed by atoms with Crippen LogP contribution in [0.25, 0.3) is 0 Å². The van der Waals surface area contributed by atoms with Crippen LogP contribution in [0.5, 0.6) is 0 Å². The van der Waals surface area contributed by atoms with Crippen LogP contribution in [-0.4, -0.2) is 22.8 Å². The van der Waals surface area contributed by atoms with Gasteiger partial charge in [0, 0.05) is 25.5 Å². The van der Waals surface area contributed by atoms with E-state index >= 15 is 0 Å². The molecule has 2 aromatic rings. The standard InChI is InChI=1S/C13H14FN3OS/c1-17(7-9-3-2-4-10(14)5-9)13(18)11-8-19-12(6-15)16-11/h2-5,8H,6-7,15H2,1H3. The van der Waals surface area contributed by atoms with Gasteiger partial charge in [0.25, 0.3) is 5.91 Å². The first-order valence-electron chi connectivity index (χ1n) is 5.74. The lowest BCUT2D eigenvalue weighted by Gasteiger charge is -2.15. The fraction of sp³-hybridized carbons (Fsp3) is 0.231. The fourth-order valence-corrected chi connectivity index (χ4v) is 2.33. The molecule has 2 rings (SSSR count). The topological polar surface area (TPSA) is 59.2 Å². The second-order valence-corrected chi connectivity index (χ2v) is 5.06. The fourth-order valence-electron chi connectivity index (χ4n) is 1.68. The summed E-state index contributed by atoms with van der Waals surface area (Å²) in [6, 6.07) is 6.19. The number of carbonyl (C=O) groups is 1. The zero-order chi connectivity index (χ0) is 13.8. The maximum absolute atomic E-state index is 13.1. The van der Waals surface area contributed by atoms with E-state index < -0.39 is 0 Å². The number of hydrogen-bond donors (Lipinski definition) is 1. The van der Waals surface area contributed by atoms with Crippen molar-refractivity contribution in [3.05, 3.63) is 51.7 Å². The first kappa shape index (κ1) is 13.6. The Hall–Kier alpha value is -1.79. The zero-order valence-electron chi connectivity index (χ0n) is 10.5. The predicted octanol–water partition coefficient (Wildman–Crippen LogP) is 2.01. The molecule has 100 valence electrons. The van der Waals surface area contributed by atoms with Crippen LogP contribution in [0, 0.1) is 5.82 Å². The van der Waals surface area contributed by atoms with Crippen molar-refractivity contribution in [1.29, 1.82) is 0 Å². The van der Waals surface area contributed by atoms with E-state index in [2.05, 4.69) is 4.98 Å². The summed E-state index contributed by atoms with van der Waals surface area (Å²) in [7, 11) is 1.66. The van der Waals surface area contributed by atoms with Gasteiger partial charge < -0.3 is 10.6 Å². The van der Waals surface area contributed by atoms with E-state index in [-0.39, 0.29) is 11.7 Å². The number of aromatic nitrogens is 1. The van der Waals surface area contributed by atoms with E-state index in [1.165, 1.54) is 28.4 Å². The van der Waals surface area contributed by atoms with Crippen molar-refractivity contribution in [3.63, 3.8) is 0 Å². The second-order valence-electron chi connectivity index (χ2n) is 4.12. The van der Waals surface area contributed by atoms with Gasteiger partial charge in [0.15, 0.2) is 0 Å². The average molecular weight is 279 g/mol. The monoisotopic (exact) mass is 279 g/mol. The summed E-state index contributed by atoms with van der Waals surface area (Å²) in [5.74, 6) is -0.502. The summed E-state index contributed by atoms with van der Waals surface area (Å²) in [6.45, 7) is 0.664. The van der Waals surface area contributed by atoms with Gasteiger partial charge in [0.1, 0.15) is 16.5 Å². The van der Waals surface area contributed by atoms with E-state index in [4.69, 9.17) is 5.73 Å². The molecule has 0 aliphatic carbocycles. The van der Waals surface area contributed by atoms with Gasteiger partial charge in [-0.1, -0.05) is 12.1 Å². The third-order valence-corrected chi connectivity index (χ3v) is 3.47. The molecule has 0 unspecified atom stereocenters. The van der Waals surface area contributed by atoms with E-state index in [0.29, 0.717) is 18.8 Å². The van der Waals surface area contributed by atoms with Gasteiger partial charge in [-0.3, -0.25) is 4.79 Å². The summed E-state index contributed by atoms with van der Waals surface area (Å²) in [5, 5.41) is 2.41. The SMILES string of the molecule is CN(Cc1cccc(F)c1)C(=O)c1csc(CN)n1. The van der Waals surface area contributed by atoms with Crippen LogP contribution >= 0.6 is 11.3 Å². The van der Waals surface area contributed by atoms with Gasteiger partial charge in [-0.15, -0.1) is 11.3 Å². The lowest BCUT2D eigenvalue weighted by molar-refractivity contribution is 0.0779. The lowest BCUT2D eigenvalue weighted by atomic mass is 10.2. The van der Waals surface area contributed by atoms with Gasteiger partial charge >= 0.3 is 0 Å². The van der Waals surface area contributed by atoms with Gasteiger partial charge in [-0.25, -0.2) is 9.37 Å². The van der Waals surface area contributed by atoms with E-state index in [1.807, 2.05) is 0 Å². The Morgan fingerprint density at radius 3 is 2.95 bits per heavy atom. The molecule has 1 aromatic carbocycles. The number of benzene rings is 1. The summed E-state index contributed by atoms with van der Waals surface area (Å²) in [5.41, 5.74) is 6.58. The number of halogens is 1. The Kier molecular flexibility index (Phi) is 4.24. The minimum atomic E-state index is -0.308. The number of rotatable bonds is 4. The summed E-state index contributed by atoms with van der Waals surface area (Å²) >= 11 is 1.36. The molecule has 1 aromatic heterocycles. The molecule has 0 fully saturated rings. The molecule has 1 heterocycles. The van der Waals surface area contributed by atoms with Crippen LogP contribution in [0.4, 0.5) is 4.39 Å². The number of carbonyl (C=O) groups excluding carboxylic acids is 1. The van der Waals surface area contributed by atoms with Crippen molar-refractivity contribution in [1.82, 2.24) is 9.88 Å². The van der Waals surface area contributed by atoms with Crippen LogP contribution in [-0.2, 0) is 13.1 Å². The zero-order valence-corrected chi connectivity index (χ0v) is 11.3. The minimum absolute atomic E-state index is 0.194. The molecular formula is C13H14FN3OS. The first-order chi connectivity index (χ1) is 9.10. The first-order valence-corrected chi connectivity index (χ1v) is 6.62. The van der Waals surface area contributed by atoms with Crippen LogP contribution in [0.3, 0.4) is 0 Å². The molecule has 0 spiro atoms. The highest BCUT2D eigenvalue weighted by molar-refractivity contribution is 7.09. The molecule has 0 saturated heterocycles. The Bertz CT molecular complexity index is 585. The van der Waals surface area contributed by atoms with Gasteiger partial charge in [-0.05, 0) is 17.7 Å². The number of hydrogen-bond acceptors (Lipinski definition) is 4. The van der Waals surface area contributed by atoms with Crippen molar-refractivity contribution in [2.24, 2.45) is 5.73 Å². The van der Waals surface area contributed by atoms with E-state index in [1.54, 1.807) is 24.6 Å². The molecule has 0 aliphatic rings. The Balaban J connectivity index is 2.07. The number of nitrogens with zero attached hydrogens (tertiary/aromatic N) is 2. The number of nitrogens with two attached hydrogens (primary N) is 1. The molecule has 0 atom stereocenters. The highest BCUT2D eigenvalue weighted by atomic mass is 32.1. The lowest BCUT2D eigenvalue weighted by Crippen LogP contribution is -2.26. The smallest absolute Gasteiger partial charge is 0.273 e. The van der Waals surface area contributed by atoms with Crippen LogP contribution < -0.4 is 5.73 Å². The largest absolute Gasteiger partial charge is 0.336 e. The Morgan fingerprint density at radius 1 is 1.53 bits per heavy atom. The van der Waals surface area contributed by atoms with Crippen molar-refractivity contribution in [3.8, 4) is 0 Å². The van der Waals surface area contributed by atoms with E-state index in [9.17, 15) is 9.18 Å². The molecule has 0 saturated carbocycles. The molecule has 0 bridgehead atoms. The predicted molar refractivity (Wildman–Crippen MR) is 72.2 cm³/mol. The quantitative estimate of drug-likeness (QED) is 0.931. The normalized spacial score (nSPS) is 10.5. The summed E-state index contributed by atoms with van der Waals surface area (Å²) < 4.78 is 13.1. The molecule has 19 heavy (non-hydrogen) atoms. The van der Waals surface area contributed by atoms with Crippen molar-refractivity contribution >= 4 is 17.2 Å². The molecule has 0 radical (unpaired) electrons. The Morgan fingerprint density at radius 2 is 2.32 bits per heavy atom. The van der Waals surface area contributed by atoms with Crippen LogP contribution in [0.15, 0.2) is 29.6 Å². The molecule has 1 amide bonds. The highest BCUT2D eigenvalue weighted by Gasteiger charge is 2.15. The third-order valence-electron chi connectivity index (χ3n) is 2.60. The van der Waals surface area contributed by atoms with Crippen molar-refractivity contribution in [2.45, 2.75) is 13.1 Å². The van der Waals surface area contributed by atoms with Crippen molar-refractivity contribution < 1.29 is 9.18 Å². The minimum Gasteiger partial charge on any atom is -0.336 e. The number of amides is 1. The maximum atomic E-state index is 13.1. The summed E-state index contributed by atoms with van der Waals surface area (Å²) in [6.07, 6.45) is 0. The van der Waals surface area contributed by atoms with E-state index in [0.717, 1.165) is 10.6 Å².